The second kappa shape index (κ2) is 11.0. The molecule has 6 rings (SSSR count). The Hall–Kier alpha value is -5.20. The molecule has 4 aromatic carbocycles. The standard InChI is InChI=1S/2C15H14O6/c2*16-8-4-11(18)9-6-13(20)15(21-14(9)5-8)7-1-2-10(17)12(19)3-7/h2*1-5,13,15-20H,6H2/t13-,15+;13-,15-/m00/s1. The number of ether oxygens (including phenoxy) is 2. The molecular formula is C30H28O12. The highest BCUT2D eigenvalue weighted by atomic mass is 16.5. The lowest BCUT2D eigenvalue weighted by Gasteiger charge is -2.31. The van der Waals surface area contributed by atoms with Gasteiger partial charge in [0.1, 0.15) is 46.7 Å². The van der Waals surface area contributed by atoms with Crippen molar-refractivity contribution in [3.63, 3.8) is 0 Å². The van der Waals surface area contributed by atoms with E-state index in [4.69, 9.17) is 9.47 Å². The van der Waals surface area contributed by atoms with Crippen LogP contribution in [0.25, 0.3) is 0 Å². The molecule has 4 atom stereocenters. The minimum Gasteiger partial charge on any atom is -0.508 e. The number of aromatic hydroxyl groups is 8. The highest BCUT2D eigenvalue weighted by Crippen LogP contribution is 2.44. The number of phenolic OH excluding ortho intramolecular Hbond substituents is 8. The van der Waals surface area contributed by atoms with Crippen molar-refractivity contribution in [2.75, 3.05) is 0 Å². The van der Waals surface area contributed by atoms with Gasteiger partial charge in [0.05, 0.1) is 12.2 Å². The smallest absolute Gasteiger partial charge is 0.157 e. The third kappa shape index (κ3) is 5.53. The summed E-state index contributed by atoms with van der Waals surface area (Å²) in [6.07, 6.45) is -3.12. The maximum atomic E-state index is 10.2. The lowest BCUT2D eigenvalue weighted by Crippen LogP contribution is -2.30. The molecule has 42 heavy (non-hydrogen) atoms. The van der Waals surface area contributed by atoms with E-state index in [1.807, 2.05) is 0 Å². The lowest BCUT2D eigenvalue weighted by molar-refractivity contribution is 0.0196. The summed E-state index contributed by atoms with van der Waals surface area (Å²) in [7, 11) is 0. The van der Waals surface area contributed by atoms with Gasteiger partial charge in [-0.1, -0.05) is 12.1 Å². The van der Waals surface area contributed by atoms with Crippen molar-refractivity contribution in [2.45, 2.75) is 37.3 Å². The van der Waals surface area contributed by atoms with E-state index in [2.05, 4.69) is 0 Å². The molecule has 2 aliphatic rings. The molecule has 2 aliphatic heterocycles. The Morgan fingerprint density at radius 2 is 0.833 bits per heavy atom. The Kier molecular flexibility index (Phi) is 7.42. The zero-order chi connectivity index (χ0) is 30.3. The van der Waals surface area contributed by atoms with Crippen molar-refractivity contribution < 1.29 is 60.5 Å². The van der Waals surface area contributed by atoms with Gasteiger partial charge in [0.15, 0.2) is 23.0 Å². The summed E-state index contributed by atoms with van der Waals surface area (Å²) in [5.74, 6) is -1.18. The average molecular weight is 581 g/mol. The van der Waals surface area contributed by atoms with Gasteiger partial charge >= 0.3 is 0 Å². The summed E-state index contributed by atoms with van der Waals surface area (Å²) in [6, 6.07) is 13.3. The summed E-state index contributed by atoms with van der Waals surface area (Å²) in [5.41, 5.74) is 1.79. The molecule has 0 fully saturated rings. The monoisotopic (exact) mass is 580 g/mol. The van der Waals surface area contributed by atoms with E-state index in [9.17, 15) is 51.1 Å². The van der Waals surface area contributed by atoms with Crippen molar-refractivity contribution in [1.29, 1.82) is 0 Å². The topological polar surface area (TPSA) is 221 Å². The average Bonchev–Trinajstić information content (AvgIpc) is 2.92. The third-order valence-electron chi connectivity index (χ3n) is 7.03. The SMILES string of the molecule is Oc1cc(O)c2c(c1)O[C@@H](c1ccc(O)c(O)c1)[C@@H](O)C2.Oc1cc(O)c2c(c1)O[C@H](c1ccc(O)c(O)c1)[C@@H](O)C2. The second-order valence-electron chi connectivity index (χ2n) is 10.00. The van der Waals surface area contributed by atoms with Crippen LogP contribution in [0.15, 0.2) is 60.7 Å². The minimum atomic E-state index is -0.933. The van der Waals surface area contributed by atoms with Crippen molar-refractivity contribution in [1.82, 2.24) is 0 Å². The van der Waals surface area contributed by atoms with Crippen LogP contribution in [0.1, 0.15) is 34.5 Å². The molecule has 0 saturated carbocycles. The van der Waals surface area contributed by atoms with E-state index in [1.165, 1.54) is 60.7 Å². The van der Waals surface area contributed by atoms with Gasteiger partial charge in [-0.3, -0.25) is 0 Å². The Morgan fingerprint density at radius 1 is 0.452 bits per heavy atom. The van der Waals surface area contributed by atoms with Gasteiger partial charge in [0.2, 0.25) is 0 Å². The molecule has 12 heteroatoms. The van der Waals surface area contributed by atoms with E-state index in [0.29, 0.717) is 22.3 Å². The largest absolute Gasteiger partial charge is 0.508 e. The molecule has 0 aliphatic carbocycles. The van der Waals surface area contributed by atoms with Crippen LogP contribution in [-0.4, -0.2) is 63.3 Å². The molecule has 0 amide bonds. The van der Waals surface area contributed by atoms with Crippen LogP contribution in [0.5, 0.6) is 57.5 Å². The molecule has 0 bridgehead atoms. The number of rotatable bonds is 2. The number of benzene rings is 4. The van der Waals surface area contributed by atoms with Crippen LogP contribution in [0.4, 0.5) is 0 Å². The van der Waals surface area contributed by atoms with Gasteiger partial charge < -0.3 is 60.5 Å². The maximum absolute atomic E-state index is 10.2. The number of hydrogen-bond acceptors (Lipinski definition) is 12. The third-order valence-corrected chi connectivity index (χ3v) is 7.03. The fraction of sp³-hybridized carbons (Fsp3) is 0.200. The Morgan fingerprint density at radius 3 is 1.19 bits per heavy atom. The first kappa shape index (κ1) is 28.3. The van der Waals surface area contributed by atoms with Crippen LogP contribution in [0.3, 0.4) is 0 Å². The molecule has 0 saturated heterocycles. The van der Waals surface area contributed by atoms with E-state index >= 15 is 0 Å². The molecule has 220 valence electrons. The summed E-state index contributed by atoms with van der Waals surface area (Å²) in [5, 5.41) is 96.6. The Balaban J connectivity index is 0.000000168. The minimum absolute atomic E-state index is 0.143. The molecule has 0 unspecified atom stereocenters. The summed E-state index contributed by atoms with van der Waals surface area (Å²) < 4.78 is 11.2. The van der Waals surface area contributed by atoms with Gasteiger partial charge in [-0.05, 0) is 35.4 Å². The first-order chi connectivity index (χ1) is 19.9. The molecule has 0 aromatic heterocycles. The summed E-state index contributed by atoms with van der Waals surface area (Å²) in [6.45, 7) is 0. The van der Waals surface area contributed by atoms with Gasteiger partial charge in [0, 0.05) is 48.2 Å². The quantitative estimate of drug-likeness (QED) is 0.155. The van der Waals surface area contributed by atoms with Crippen LogP contribution >= 0.6 is 0 Å². The molecule has 0 radical (unpaired) electrons. The van der Waals surface area contributed by atoms with Crippen molar-refractivity contribution in [3.8, 4) is 57.5 Å². The Bertz CT molecular complexity index is 1510. The molecule has 10 N–H and O–H groups in total. The van der Waals surface area contributed by atoms with Crippen LogP contribution in [0, 0.1) is 0 Å². The van der Waals surface area contributed by atoms with Gasteiger partial charge in [0.25, 0.3) is 0 Å². The number of phenols is 8. The van der Waals surface area contributed by atoms with Crippen LogP contribution in [0.2, 0.25) is 0 Å². The number of aliphatic hydroxyl groups excluding tert-OH is 2. The summed E-state index contributed by atoms with van der Waals surface area (Å²) in [4.78, 5) is 0. The molecule has 12 nitrogen and oxygen atoms in total. The number of aliphatic hydroxyl groups is 2. The zero-order valence-electron chi connectivity index (χ0n) is 21.8. The highest BCUT2D eigenvalue weighted by molar-refractivity contribution is 5.53. The molecule has 0 spiro atoms. The highest BCUT2D eigenvalue weighted by Gasteiger charge is 2.33. The van der Waals surface area contributed by atoms with E-state index in [0.717, 1.165) is 0 Å². The van der Waals surface area contributed by atoms with Gasteiger partial charge in [-0.15, -0.1) is 0 Å². The predicted octanol–water partition coefficient (Wildman–Crippen LogP) is 3.09. The number of fused-ring (bicyclic) bond motifs is 2. The molecular weight excluding hydrogens is 552 g/mol. The normalized spacial score (nSPS) is 20.6. The molecule has 4 aromatic rings. The fourth-order valence-electron chi connectivity index (χ4n) is 4.93. The lowest BCUT2D eigenvalue weighted by atomic mass is 9.94. The zero-order valence-corrected chi connectivity index (χ0v) is 21.8. The predicted molar refractivity (Wildman–Crippen MR) is 145 cm³/mol. The van der Waals surface area contributed by atoms with Crippen LogP contribution in [-0.2, 0) is 12.8 Å². The number of hydrogen-bond donors (Lipinski definition) is 10. The van der Waals surface area contributed by atoms with E-state index < -0.39 is 24.4 Å². The van der Waals surface area contributed by atoms with E-state index in [-0.39, 0.29) is 70.3 Å². The molecule has 2 heterocycles. The fourth-order valence-corrected chi connectivity index (χ4v) is 4.93. The van der Waals surface area contributed by atoms with Crippen molar-refractivity contribution in [2.24, 2.45) is 0 Å². The van der Waals surface area contributed by atoms with Crippen LogP contribution < -0.4 is 9.47 Å². The first-order valence-corrected chi connectivity index (χ1v) is 12.7. The van der Waals surface area contributed by atoms with Gasteiger partial charge in [-0.25, -0.2) is 0 Å². The Labute approximate surface area is 238 Å². The maximum Gasteiger partial charge on any atom is 0.157 e. The second-order valence-corrected chi connectivity index (χ2v) is 10.00. The van der Waals surface area contributed by atoms with Crippen molar-refractivity contribution in [3.05, 3.63) is 82.9 Å². The first-order valence-electron chi connectivity index (χ1n) is 12.7. The van der Waals surface area contributed by atoms with Crippen molar-refractivity contribution >= 4 is 0 Å². The van der Waals surface area contributed by atoms with E-state index in [1.54, 1.807) is 0 Å². The summed E-state index contributed by atoms with van der Waals surface area (Å²) >= 11 is 0. The van der Waals surface area contributed by atoms with Gasteiger partial charge in [-0.2, -0.15) is 0 Å².